The van der Waals surface area contributed by atoms with Crippen LogP contribution in [0.5, 0.6) is 0 Å². The molecule has 0 bridgehead atoms. The molecular formula is C19H18Cl3N3O4S2. The Morgan fingerprint density at radius 3 is 2.52 bits per heavy atom. The van der Waals surface area contributed by atoms with Gasteiger partial charge in [-0.05, 0) is 55.2 Å². The van der Waals surface area contributed by atoms with Gasteiger partial charge < -0.3 is 10.2 Å². The molecule has 0 spiro atoms. The van der Waals surface area contributed by atoms with Gasteiger partial charge in [0.15, 0.2) is 0 Å². The Morgan fingerprint density at radius 1 is 1.10 bits per heavy atom. The van der Waals surface area contributed by atoms with Crippen molar-refractivity contribution in [1.82, 2.24) is 0 Å². The van der Waals surface area contributed by atoms with E-state index >= 15 is 0 Å². The highest BCUT2D eigenvalue weighted by atomic mass is 35.5. The smallest absolute Gasteiger partial charge is 0.286 e. The minimum atomic E-state index is -3.91. The summed E-state index contributed by atoms with van der Waals surface area (Å²) in [5, 5.41) is 8.22. The fourth-order valence-electron chi connectivity index (χ4n) is 3.16. The first kappa shape index (κ1) is 24.2. The van der Waals surface area contributed by atoms with E-state index in [1.807, 2.05) is 0 Å². The van der Waals surface area contributed by atoms with Crippen molar-refractivity contribution in [1.29, 1.82) is 0 Å². The minimum Gasteiger partial charge on any atom is -0.324 e. The van der Waals surface area contributed by atoms with Gasteiger partial charge in [-0.1, -0.05) is 46.6 Å². The number of nitrogens with zero attached hydrogens (tertiary/aromatic N) is 1. The van der Waals surface area contributed by atoms with Crippen LogP contribution in [0.15, 0.2) is 35.2 Å². The fourth-order valence-corrected chi connectivity index (χ4v) is 5.29. The molecule has 1 heterocycles. The summed E-state index contributed by atoms with van der Waals surface area (Å²) in [5.41, 5.74) is 1.74. The van der Waals surface area contributed by atoms with Crippen molar-refractivity contribution in [2.75, 3.05) is 22.5 Å². The summed E-state index contributed by atoms with van der Waals surface area (Å²) < 4.78 is 22.7. The van der Waals surface area contributed by atoms with Gasteiger partial charge in [-0.3, -0.25) is 9.59 Å². The van der Waals surface area contributed by atoms with Gasteiger partial charge in [0, 0.05) is 11.6 Å². The van der Waals surface area contributed by atoms with Crippen LogP contribution in [-0.2, 0) is 21.2 Å². The third kappa shape index (κ3) is 6.06. The van der Waals surface area contributed by atoms with Gasteiger partial charge in [0.05, 0.1) is 32.1 Å². The Kier molecular flexibility index (Phi) is 7.77. The summed E-state index contributed by atoms with van der Waals surface area (Å²) >= 11 is 19.3. The number of hydrogen-bond acceptors (Lipinski definition) is 5. The van der Waals surface area contributed by atoms with Crippen LogP contribution in [-0.4, -0.2) is 31.9 Å². The molecule has 0 radical (unpaired) electrons. The lowest BCUT2D eigenvalue weighted by atomic mass is 10.1. The standard InChI is InChI=1S/C19H18Cl3N3O4S2/c20-12-7-11-3-1-2-6-25(18(11)15(22)8-12)19(27)30-10-17(26)24-16-5-4-13(9-14(16)21)31(23,28)29/h4-5,7-9H,1-3,6,10H2,(H,24,26)(H2,23,28,29). The second-order valence-electron chi connectivity index (χ2n) is 6.79. The molecule has 0 aliphatic carbocycles. The van der Waals surface area contributed by atoms with Crippen molar-refractivity contribution in [3.05, 3.63) is 51.0 Å². The number of thioether (sulfide) groups is 1. The Labute approximate surface area is 199 Å². The average molecular weight is 523 g/mol. The number of fused-ring (bicyclic) bond motifs is 1. The van der Waals surface area contributed by atoms with Crippen LogP contribution in [0, 0.1) is 0 Å². The lowest BCUT2D eigenvalue weighted by molar-refractivity contribution is -0.113. The van der Waals surface area contributed by atoms with Crippen LogP contribution in [0.25, 0.3) is 0 Å². The molecule has 0 unspecified atom stereocenters. The van der Waals surface area contributed by atoms with Crippen molar-refractivity contribution in [2.24, 2.45) is 5.14 Å². The van der Waals surface area contributed by atoms with E-state index < -0.39 is 15.9 Å². The summed E-state index contributed by atoms with van der Waals surface area (Å²) in [5.74, 6) is -0.635. The molecule has 2 aromatic rings. The van der Waals surface area contributed by atoms with Crippen LogP contribution >= 0.6 is 46.6 Å². The Morgan fingerprint density at radius 2 is 1.84 bits per heavy atom. The second-order valence-corrected chi connectivity index (χ2v) is 10.5. The molecule has 0 fully saturated rings. The number of aryl methyl sites for hydroxylation is 1. The van der Waals surface area contributed by atoms with E-state index in [0.29, 0.717) is 22.3 Å². The third-order valence-electron chi connectivity index (χ3n) is 4.55. The lowest BCUT2D eigenvalue weighted by Gasteiger charge is -2.23. The maximum absolute atomic E-state index is 12.8. The van der Waals surface area contributed by atoms with E-state index in [4.69, 9.17) is 39.9 Å². The number of nitrogens with one attached hydrogen (secondary N) is 1. The number of hydrogen-bond donors (Lipinski definition) is 2. The molecule has 166 valence electrons. The predicted octanol–water partition coefficient (Wildman–Crippen LogP) is 4.93. The average Bonchev–Trinajstić information content (AvgIpc) is 2.89. The van der Waals surface area contributed by atoms with Gasteiger partial charge in [-0.25, -0.2) is 13.6 Å². The maximum Gasteiger partial charge on any atom is 0.286 e. The van der Waals surface area contributed by atoms with Crippen LogP contribution in [0.3, 0.4) is 0 Å². The molecular weight excluding hydrogens is 505 g/mol. The van der Waals surface area contributed by atoms with Gasteiger partial charge in [0.25, 0.3) is 5.24 Å². The number of halogens is 3. The van der Waals surface area contributed by atoms with Crippen molar-refractivity contribution >= 4 is 79.1 Å². The van der Waals surface area contributed by atoms with Crippen LogP contribution < -0.4 is 15.4 Å². The summed E-state index contributed by atoms with van der Waals surface area (Å²) in [6.07, 6.45) is 2.45. The second kappa shape index (κ2) is 9.97. The zero-order chi connectivity index (χ0) is 22.8. The molecule has 7 nitrogen and oxygen atoms in total. The lowest BCUT2D eigenvalue weighted by Crippen LogP contribution is -2.30. The van der Waals surface area contributed by atoms with Crippen LogP contribution in [0.4, 0.5) is 16.2 Å². The molecule has 0 saturated carbocycles. The van der Waals surface area contributed by atoms with E-state index in [1.54, 1.807) is 17.0 Å². The molecule has 3 rings (SSSR count). The quantitative estimate of drug-likeness (QED) is 0.592. The first-order valence-electron chi connectivity index (χ1n) is 9.10. The number of benzene rings is 2. The fraction of sp³-hybridized carbons (Fsp3) is 0.263. The topological polar surface area (TPSA) is 110 Å². The highest BCUT2D eigenvalue weighted by molar-refractivity contribution is 8.14. The van der Waals surface area contributed by atoms with Crippen molar-refractivity contribution in [3.63, 3.8) is 0 Å². The maximum atomic E-state index is 12.8. The van der Waals surface area contributed by atoms with Crippen molar-refractivity contribution in [2.45, 2.75) is 24.2 Å². The molecule has 0 aromatic heterocycles. The normalized spacial score (nSPS) is 14.0. The van der Waals surface area contributed by atoms with Gasteiger partial charge in [0.2, 0.25) is 15.9 Å². The van der Waals surface area contributed by atoms with E-state index in [0.717, 1.165) is 42.7 Å². The SMILES string of the molecule is NS(=O)(=O)c1ccc(NC(=O)CSC(=O)N2CCCCc3cc(Cl)cc(Cl)c32)c(Cl)c1. The number of sulfonamides is 1. The highest BCUT2D eigenvalue weighted by Gasteiger charge is 2.25. The van der Waals surface area contributed by atoms with Gasteiger partial charge in [-0.15, -0.1) is 0 Å². The number of amides is 2. The van der Waals surface area contributed by atoms with E-state index in [-0.39, 0.29) is 26.6 Å². The third-order valence-corrected chi connectivity index (χ3v) is 7.15. The first-order chi connectivity index (χ1) is 14.6. The molecule has 2 aromatic carbocycles. The largest absolute Gasteiger partial charge is 0.324 e. The molecule has 3 N–H and O–H groups in total. The molecule has 1 aliphatic heterocycles. The highest BCUT2D eigenvalue weighted by Crippen LogP contribution is 2.37. The summed E-state index contributed by atoms with van der Waals surface area (Å²) in [7, 11) is -3.91. The van der Waals surface area contributed by atoms with E-state index in [1.165, 1.54) is 12.1 Å². The van der Waals surface area contributed by atoms with Gasteiger partial charge in [-0.2, -0.15) is 0 Å². The summed E-state index contributed by atoms with van der Waals surface area (Å²) in [6.45, 7) is 0.489. The Hall–Kier alpha value is -1.49. The summed E-state index contributed by atoms with van der Waals surface area (Å²) in [6, 6.07) is 7.11. The van der Waals surface area contributed by atoms with Crippen molar-refractivity contribution < 1.29 is 18.0 Å². The number of nitrogens with two attached hydrogens (primary N) is 1. The molecule has 12 heteroatoms. The summed E-state index contributed by atoms with van der Waals surface area (Å²) in [4.78, 5) is 26.6. The number of carbonyl (C=O) groups is 2. The molecule has 1 aliphatic rings. The molecule has 0 atom stereocenters. The van der Waals surface area contributed by atoms with Gasteiger partial charge >= 0.3 is 0 Å². The van der Waals surface area contributed by atoms with Gasteiger partial charge in [0.1, 0.15) is 0 Å². The first-order valence-corrected chi connectivity index (χ1v) is 12.8. The molecule has 2 amide bonds. The molecule has 0 saturated heterocycles. The van der Waals surface area contributed by atoms with Crippen LogP contribution in [0.2, 0.25) is 15.1 Å². The van der Waals surface area contributed by atoms with Crippen LogP contribution in [0.1, 0.15) is 18.4 Å². The predicted molar refractivity (Wildman–Crippen MR) is 126 cm³/mol. The van der Waals surface area contributed by atoms with E-state index in [2.05, 4.69) is 5.32 Å². The van der Waals surface area contributed by atoms with Crippen molar-refractivity contribution in [3.8, 4) is 0 Å². The Bertz CT molecular complexity index is 1140. The zero-order valence-electron chi connectivity index (χ0n) is 16.0. The number of carbonyl (C=O) groups excluding carboxylic acids is 2. The van der Waals surface area contributed by atoms with E-state index in [9.17, 15) is 18.0 Å². The number of primary sulfonamides is 1. The number of rotatable bonds is 4. The Balaban J connectivity index is 1.67. The monoisotopic (exact) mass is 521 g/mol. The molecule has 31 heavy (non-hydrogen) atoms. The minimum absolute atomic E-state index is 0.0151. The zero-order valence-corrected chi connectivity index (χ0v) is 19.9. The number of anilines is 2.